The van der Waals surface area contributed by atoms with Gasteiger partial charge in [-0.05, 0) is 34.9 Å². The van der Waals surface area contributed by atoms with Gasteiger partial charge in [-0.25, -0.2) is 0 Å². The molecule has 0 aromatic heterocycles. The number of hydrogen-bond donors (Lipinski definition) is 0. The van der Waals surface area contributed by atoms with Crippen molar-refractivity contribution in [3.05, 3.63) is 53.6 Å². The van der Waals surface area contributed by atoms with Gasteiger partial charge >= 0.3 is 0 Å². The Hall–Kier alpha value is -2.09. The van der Waals surface area contributed by atoms with Crippen LogP contribution in [0.1, 0.15) is 15.9 Å². The molecule has 0 radical (unpaired) electrons. The molecule has 0 saturated carbocycles. The molecule has 2 heteroatoms. The topological polar surface area (TPSA) is 26.3 Å². The summed E-state index contributed by atoms with van der Waals surface area (Å²) in [6.07, 6.45) is 0.482. The van der Waals surface area contributed by atoms with Crippen LogP contribution in [-0.4, -0.2) is 12.9 Å². The van der Waals surface area contributed by atoms with Crippen LogP contribution in [-0.2, 0) is 6.42 Å². The molecule has 0 unspecified atom stereocenters. The third-order valence-electron chi connectivity index (χ3n) is 3.19. The molecule has 0 amide bonds. The minimum absolute atomic E-state index is 0.164. The highest BCUT2D eigenvalue weighted by Gasteiger charge is 2.22. The standard InChI is InChI=1S/C15H12O2/c1-17-11-6-7-13-12-5-3-2-4-10(12)8-15(16)14(13)9-11/h2-7,9H,8H2,1H3. The normalized spacial score (nSPS) is 12.9. The summed E-state index contributed by atoms with van der Waals surface area (Å²) in [5.41, 5.74) is 4.04. The Morgan fingerprint density at radius 3 is 2.65 bits per heavy atom. The first-order chi connectivity index (χ1) is 8.29. The summed E-state index contributed by atoms with van der Waals surface area (Å²) < 4.78 is 5.16. The molecule has 2 aromatic rings. The third-order valence-corrected chi connectivity index (χ3v) is 3.19. The monoisotopic (exact) mass is 224 g/mol. The number of rotatable bonds is 1. The molecule has 1 aliphatic rings. The van der Waals surface area contributed by atoms with Gasteiger partial charge in [0.1, 0.15) is 5.75 Å². The lowest BCUT2D eigenvalue weighted by atomic mass is 9.85. The van der Waals surface area contributed by atoms with Crippen molar-refractivity contribution in [2.24, 2.45) is 0 Å². The maximum atomic E-state index is 12.1. The number of fused-ring (bicyclic) bond motifs is 3. The molecular formula is C15H12O2. The van der Waals surface area contributed by atoms with Crippen LogP contribution in [0.25, 0.3) is 11.1 Å². The lowest BCUT2D eigenvalue weighted by Crippen LogP contribution is -2.12. The maximum Gasteiger partial charge on any atom is 0.168 e. The molecule has 1 aliphatic carbocycles. The minimum atomic E-state index is 0.164. The predicted molar refractivity (Wildman–Crippen MR) is 66.5 cm³/mol. The van der Waals surface area contributed by atoms with Gasteiger partial charge in [0.05, 0.1) is 7.11 Å². The smallest absolute Gasteiger partial charge is 0.168 e. The van der Waals surface area contributed by atoms with Gasteiger partial charge in [0.2, 0.25) is 0 Å². The lowest BCUT2D eigenvalue weighted by Gasteiger charge is -2.19. The second-order valence-electron chi connectivity index (χ2n) is 4.17. The van der Waals surface area contributed by atoms with E-state index >= 15 is 0 Å². The van der Waals surface area contributed by atoms with Crippen molar-refractivity contribution in [1.29, 1.82) is 0 Å². The van der Waals surface area contributed by atoms with Crippen molar-refractivity contribution in [3.63, 3.8) is 0 Å². The number of carbonyl (C=O) groups excluding carboxylic acids is 1. The summed E-state index contributed by atoms with van der Waals surface area (Å²) in [7, 11) is 1.61. The fourth-order valence-corrected chi connectivity index (χ4v) is 2.32. The third kappa shape index (κ3) is 1.53. The molecule has 17 heavy (non-hydrogen) atoms. The van der Waals surface area contributed by atoms with E-state index in [1.807, 2.05) is 36.4 Å². The Morgan fingerprint density at radius 2 is 1.82 bits per heavy atom. The lowest BCUT2D eigenvalue weighted by molar-refractivity contribution is 0.0991. The van der Waals surface area contributed by atoms with Crippen molar-refractivity contribution in [2.45, 2.75) is 6.42 Å². The van der Waals surface area contributed by atoms with Crippen LogP contribution < -0.4 is 4.74 Å². The summed E-state index contributed by atoms with van der Waals surface area (Å²) in [6, 6.07) is 13.7. The molecule has 3 rings (SSSR count). The minimum Gasteiger partial charge on any atom is -0.497 e. The van der Waals surface area contributed by atoms with Crippen molar-refractivity contribution < 1.29 is 9.53 Å². The summed E-state index contributed by atoms with van der Waals surface area (Å²) in [5.74, 6) is 0.897. The molecule has 0 atom stereocenters. The zero-order valence-electron chi connectivity index (χ0n) is 9.57. The largest absolute Gasteiger partial charge is 0.497 e. The Morgan fingerprint density at radius 1 is 1.00 bits per heavy atom. The van der Waals surface area contributed by atoms with E-state index in [2.05, 4.69) is 6.07 Å². The summed E-state index contributed by atoms with van der Waals surface area (Å²) in [4.78, 5) is 12.1. The SMILES string of the molecule is COc1ccc2c(c1)C(=O)Cc1ccccc1-2. The van der Waals surface area contributed by atoms with Crippen LogP contribution in [0.3, 0.4) is 0 Å². The van der Waals surface area contributed by atoms with Gasteiger partial charge in [-0.2, -0.15) is 0 Å². The zero-order chi connectivity index (χ0) is 11.8. The molecule has 0 fully saturated rings. The number of Topliss-reactive ketones (excluding diaryl/α,β-unsaturated/α-hetero) is 1. The highest BCUT2D eigenvalue weighted by Crippen LogP contribution is 2.35. The van der Waals surface area contributed by atoms with Gasteiger partial charge in [-0.1, -0.05) is 24.3 Å². The number of hydrogen-bond acceptors (Lipinski definition) is 2. The number of carbonyl (C=O) groups is 1. The second-order valence-corrected chi connectivity index (χ2v) is 4.17. The quantitative estimate of drug-likeness (QED) is 0.744. The molecule has 2 aromatic carbocycles. The molecule has 0 spiro atoms. The van der Waals surface area contributed by atoms with Crippen LogP contribution in [0.5, 0.6) is 5.75 Å². The van der Waals surface area contributed by atoms with Crippen molar-refractivity contribution in [1.82, 2.24) is 0 Å². The van der Waals surface area contributed by atoms with E-state index in [1.54, 1.807) is 7.11 Å². The Bertz CT molecular complexity index is 600. The van der Waals surface area contributed by atoms with Crippen LogP contribution in [0.15, 0.2) is 42.5 Å². The fraction of sp³-hybridized carbons (Fsp3) is 0.133. The van der Waals surface area contributed by atoms with E-state index < -0.39 is 0 Å². The first-order valence-corrected chi connectivity index (χ1v) is 5.59. The Kier molecular flexibility index (Phi) is 2.22. The van der Waals surface area contributed by atoms with E-state index in [9.17, 15) is 4.79 Å². The van der Waals surface area contributed by atoms with Crippen molar-refractivity contribution >= 4 is 5.78 Å². The average Bonchev–Trinajstić information content (AvgIpc) is 2.38. The first kappa shape index (κ1) is 10.1. The van der Waals surface area contributed by atoms with Crippen molar-refractivity contribution in [2.75, 3.05) is 7.11 Å². The van der Waals surface area contributed by atoms with Gasteiger partial charge in [-0.3, -0.25) is 4.79 Å². The fourth-order valence-electron chi connectivity index (χ4n) is 2.32. The molecule has 0 bridgehead atoms. The van der Waals surface area contributed by atoms with Crippen LogP contribution in [0.2, 0.25) is 0 Å². The molecule has 84 valence electrons. The summed E-state index contributed by atoms with van der Waals surface area (Å²) in [6.45, 7) is 0. The number of ether oxygens (including phenoxy) is 1. The number of methoxy groups -OCH3 is 1. The van der Waals surface area contributed by atoms with Crippen LogP contribution >= 0.6 is 0 Å². The molecule has 0 heterocycles. The highest BCUT2D eigenvalue weighted by atomic mass is 16.5. The highest BCUT2D eigenvalue weighted by molar-refractivity contribution is 6.07. The predicted octanol–water partition coefficient (Wildman–Crippen LogP) is 3.10. The van der Waals surface area contributed by atoms with Gasteiger partial charge in [0.15, 0.2) is 5.78 Å². The number of ketones is 1. The van der Waals surface area contributed by atoms with Gasteiger partial charge in [0, 0.05) is 12.0 Å². The summed E-state index contributed by atoms with van der Waals surface area (Å²) >= 11 is 0. The van der Waals surface area contributed by atoms with Crippen LogP contribution in [0, 0.1) is 0 Å². The van der Waals surface area contributed by atoms with Crippen molar-refractivity contribution in [3.8, 4) is 16.9 Å². The van der Waals surface area contributed by atoms with E-state index in [0.717, 1.165) is 28.0 Å². The van der Waals surface area contributed by atoms with E-state index in [0.29, 0.717) is 6.42 Å². The van der Waals surface area contributed by atoms with Gasteiger partial charge in [0.25, 0.3) is 0 Å². The second kappa shape index (κ2) is 3.74. The molecule has 2 nitrogen and oxygen atoms in total. The molecule has 0 saturated heterocycles. The van der Waals surface area contributed by atoms with Gasteiger partial charge in [-0.15, -0.1) is 0 Å². The molecular weight excluding hydrogens is 212 g/mol. The Labute approximate surface area is 99.9 Å². The van der Waals surface area contributed by atoms with E-state index in [-0.39, 0.29) is 5.78 Å². The summed E-state index contributed by atoms with van der Waals surface area (Å²) in [5, 5.41) is 0. The first-order valence-electron chi connectivity index (χ1n) is 5.59. The number of benzene rings is 2. The maximum absolute atomic E-state index is 12.1. The van der Waals surface area contributed by atoms with Crippen LogP contribution in [0.4, 0.5) is 0 Å². The van der Waals surface area contributed by atoms with E-state index in [4.69, 9.17) is 4.74 Å². The van der Waals surface area contributed by atoms with Gasteiger partial charge < -0.3 is 4.74 Å². The average molecular weight is 224 g/mol. The molecule has 0 N–H and O–H groups in total. The van der Waals surface area contributed by atoms with E-state index in [1.165, 1.54) is 0 Å². The zero-order valence-corrected chi connectivity index (χ0v) is 9.57. The Balaban J connectivity index is 2.26. The molecule has 0 aliphatic heterocycles.